The summed E-state index contributed by atoms with van der Waals surface area (Å²) in [5.74, 6) is 0.270. The van der Waals surface area contributed by atoms with Crippen LogP contribution in [-0.2, 0) is 17.1 Å². The normalized spacial score (nSPS) is 23.0. The Morgan fingerprint density at radius 2 is 2.00 bits per heavy atom. The van der Waals surface area contributed by atoms with Crippen LogP contribution in [0, 0.1) is 5.92 Å². The van der Waals surface area contributed by atoms with Gasteiger partial charge in [-0.05, 0) is 18.0 Å². The van der Waals surface area contributed by atoms with Gasteiger partial charge in [0.15, 0.2) is 0 Å². The molecule has 1 fully saturated rings. The molecule has 1 aromatic heterocycles. The predicted molar refractivity (Wildman–Crippen MR) is 83.7 cm³/mol. The number of sulfonamides is 1. The molecule has 7 heteroatoms. The second kappa shape index (κ2) is 5.83. The van der Waals surface area contributed by atoms with Gasteiger partial charge in [0.05, 0.1) is 6.20 Å². The number of aryl methyl sites for hydroxylation is 1. The van der Waals surface area contributed by atoms with E-state index in [1.165, 1.54) is 21.4 Å². The van der Waals surface area contributed by atoms with Gasteiger partial charge in [-0.2, -0.15) is 9.40 Å². The summed E-state index contributed by atoms with van der Waals surface area (Å²) in [4.78, 5) is 0.236. The fourth-order valence-corrected chi connectivity index (χ4v) is 4.53. The summed E-state index contributed by atoms with van der Waals surface area (Å²) < 4.78 is 28.5. The first kappa shape index (κ1) is 15.2. The van der Waals surface area contributed by atoms with Gasteiger partial charge >= 0.3 is 0 Å². The first-order valence-corrected chi connectivity index (χ1v) is 8.70. The van der Waals surface area contributed by atoms with Gasteiger partial charge in [-0.15, -0.1) is 0 Å². The van der Waals surface area contributed by atoms with Crippen molar-refractivity contribution in [3.05, 3.63) is 48.3 Å². The Kier molecular flexibility index (Phi) is 4.03. The first-order chi connectivity index (χ1) is 10.5. The van der Waals surface area contributed by atoms with E-state index in [0.29, 0.717) is 19.6 Å². The minimum absolute atomic E-state index is 0.133. The largest absolute Gasteiger partial charge is 0.330 e. The molecule has 0 unspecified atom stereocenters. The number of hydrogen-bond donors (Lipinski definition) is 1. The van der Waals surface area contributed by atoms with Crippen LogP contribution in [0.3, 0.4) is 0 Å². The highest BCUT2D eigenvalue weighted by Gasteiger charge is 2.39. The Morgan fingerprint density at radius 1 is 1.27 bits per heavy atom. The van der Waals surface area contributed by atoms with Crippen molar-refractivity contribution in [3.8, 4) is 0 Å². The summed E-state index contributed by atoms with van der Waals surface area (Å²) in [5.41, 5.74) is 7.01. The third kappa shape index (κ3) is 2.67. The summed E-state index contributed by atoms with van der Waals surface area (Å²) in [6, 6.07) is 9.98. The van der Waals surface area contributed by atoms with Crippen molar-refractivity contribution in [2.75, 3.05) is 19.6 Å². The minimum Gasteiger partial charge on any atom is -0.330 e. The number of benzene rings is 1. The summed E-state index contributed by atoms with van der Waals surface area (Å²) in [6.07, 6.45) is 2.92. The predicted octanol–water partition coefficient (Wildman–Crippen LogP) is 0.783. The molecule has 1 aliphatic rings. The lowest BCUT2D eigenvalue weighted by Crippen LogP contribution is -2.29. The van der Waals surface area contributed by atoms with Crippen LogP contribution in [0.2, 0.25) is 0 Å². The van der Waals surface area contributed by atoms with Gasteiger partial charge in [0.2, 0.25) is 10.0 Å². The van der Waals surface area contributed by atoms with Crippen molar-refractivity contribution in [3.63, 3.8) is 0 Å². The molecule has 0 saturated carbocycles. The van der Waals surface area contributed by atoms with E-state index < -0.39 is 10.0 Å². The Bertz CT molecular complexity index is 742. The van der Waals surface area contributed by atoms with E-state index in [4.69, 9.17) is 5.73 Å². The molecule has 0 bridgehead atoms. The number of nitrogens with two attached hydrogens (primary N) is 1. The van der Waals surface area contributed by atoms with E-state index in [0.717, 1.165) is 5.56 Å². The lowest BCUT2D eigenvalue weighted by molar-refractivity contribution is 0.459. The molecular formula is C15H20N4O2S. The molecular weight excluding hydrogens is 300 g/mol. The lowest BCUT2D eigenvalue weighted by Gasteiger charge is -2.16. The summed E-state index contributed by atoms with van der Waals surface area (Å²) in [5, 5.41) is 3.96. The van der Waals surface area contributed by atoms with Crippen LogP contribution < -0.4 is 5.73 Å². The van der Waals surface area contributed by atoms with E-state index in [2.05, 4.69) is 5.10 Å². The maximum atomic E-state index is 12.7. The Balaban J connectivity index is 1.88. The molecule has 1 saturated heterocycles. The minimum atomic E-state index is -3.51. The third-order valence-electron chi connectivity index (χ3n) is 4.26. The van der Waals surface area contributed by atoms with Gasteiger partial charge < -0.3 is 5.73 Å². The Labute approximate surface area is 130 Å². The highest BCUT2D eigenvalue weighted by atomic mass is 32.2. The maximum Gasteiger partial charge on any atom is 0.246 e. The highest BCUT2D eigenvalue weighted by molar-refractivity contribution is 7.89. The fourth-order valence-electron chi connectivity index (χ4n) is 3.03. The molecule has 2 N–H and O–H groups in total. The zero-order chi connectivity index (χ0) is 15.7. The Morgan fingerprint density at radius 3 is 2.59 bits per heavy atom. The molecule has 2 aromatic rings. The van der Waals surface area contributed by atoms with E-state index in [1.54, 1.807) is 7.05 Å². The average Bonchev–Trinajstić information content (AvgIpc) is 3.14. The zero-order valence-electron chi connectivity index (χ0n) is 12.5. The van der Waals surface area contributed by atoms with Crippen molar-refractivity contribution in [2.24, 2.45) is 18.7 Å². The summed E-state index contributed by atoms with van der Waals surface area (Å²) in [7, 11) is -1.80. The molecule has 1 aromatic carbocycles. The van der Waals surface area contributed by atoms with Crippen LogP contribution in [0.5, 0.6) is 0 Å². The standard InChI is InChI=1S/C15H20N4O2S/c1-18-10-14(8-17-18)22(20,21)19-9-13(7-16)15(11-19)12-5-3-2-4-6-12/h2-6,8,10,13,15H,7,9,11,16H2,1H3/t13-,15+/m1/s1. The van der Waals surface area contributed by atoms with E-state index in [-0.39, 0.29) is 16.7 Å². The molecule has 2 heterocycles. The van der Waals surface area contributed by atoms with Gasteiger partial charge in [0, 0.05) is 32.3 Å². The van der Waals surface area contributed by atoms with Crippen LogP contribution >= 0.6 is 0 Å². The monoisotopic (exact) mass is 320 g/mol. The van der Waals surface area contributed by atoms with Crippen molar-refractivity contribution in [1.82, 2.24) is 14.1 Å². The summed E-state index contributed by atoms with van der Waals surface area (Å²) >= 11 is 0. The van der Waals surface area contributed by atoms with Crippen molar-refractivity contribution < 1.29 is 8.42 Å². The first-order valence-electron chi connectivity index (χ1n) is 7.26. The van der Waals surface area contributed by atoms with Crippen LogP contribution in [0.15, 0.2) is 47.6 Å². The van der Waals surface area contributed by atoms with Crippen LogP contribution in [0.4, 0.5) is 0 Å². The number of rotatable bonds is 4. The molecule has 0 radical (unpaired) electrons. The molecule has 22 heavy (non-hydrogen) atoms. The van der Waals surface area contributed by atoms with E-state index >= 15 is 0 Å². The molecule has 118 valence electrons. The molecule has 0 aliphatic carbocycles. The van der Waals surface area contributed by atoms with E-state index in [9.17, 15) is 8.42 Å². The topological polar surface area (TPSA) is 81.2 Å². The lowest BCUT2D eigenvalue weighted by atomic mass is 9.89. The molecule has 6 nitrogen and oxygen atoms in total. The summed E-state index contributed by atoms with van der Waals surface area (Å²) in [6.45, 7) is 1.38. The molecule has 0 spiro atoms. The quantitative estimate of drug-likeness (QED) is 0.903. The van der Waals surface area contributed by atoms with Crippen molar-refractivity contribution >= 4 is 10.0 Å². The van der Waals surface area contributed by atoms with Crippen molar-refractivity contribution in [2.45, 2.75) is 10.8 Å². The van der Waals surface area contributed by atoms with Crippen LogP contribution in [0.25, 0.3) is 0 Å². The number of hydrogen-bond acceptors (Lipinski definition) is 4. The number of aromatic nitrogens is 2. The molecule has 0 amide bonds. The number of nitrogens with zero attached hydrogens (tertiary/aromatic N) is 3. The van der Waals surface area contributed by atoms with Gasteiger partial charge in [-0.3, -0.25) is 4.68 Å². The highest BCUT2D eigenvalue weighted by Crippen LogP contribution is 2.34. The maximum absolute atomic E-state index is 12.7. The van der Waals surface area contributed by atoms with Crippen LogP contribution in [-0.4, -0.2) is 42.1 Å². The van der Waals surface area contributed by atoms with Gasteiger partial charge in [-0.25, -0.2) is 8.42 Å². The SMILES string of the molecule is Cn1cc(S(=O)(=O)N2C[C@@H](CN)[C@H](c3ccccc3)C2)cn1. The molecule has 3 rings (SSSR count). The molecule has 1 aliphatic heterocycles. The third-order valence-corrected chi connectivity index (χ3v) is 6.04. The Hall–Kier alpha value is -1.70. The smallest absolute Gasteiger partial charge is 0.246 e. The second-order valence-corrected chi connectivity index (χ2v) is 7.62. The van der Waals surface area contributed by atoms with Gasteiger partial charge in [-0.1, -0.05) is 30.3 Å². The molecule has 2 atom stereocenters. The van der Waals surface area contributed by atoms with E-state index in [1.807, 2.05) is 30.3 Å². The fraction of sp³-hybridized carbons (Fsp3) is 0.400. The van der Waals surface area contributed by atoms with Crippen molar-refractivity contribution in [1.29, 1.82) is 0 Å². The average molecular weight is 320 g/mol. The van der Waals surface area contributed by atoms with Gasteiger partial charge in [0.25, 0.3) is 0 Å². The second-order valence-electron chi connectivity index (χ2n) is 5.68. The van der Waals surface area contributed by atoms with Crippen LogP contribution in [0.1, 0.15) is 11.5 Å². The van der Waals surface area contributed by atoms with Gasteiger partial charge in [0.1, 0.15) is 4.90 Å². The zero-order valence-corrected chi connectivity index (χ0v) is 13.3.